The van der Waals surface area contributed by atoms with Gasteiger partial charge >= 0.3 is 0 Å². The van der Waals surface area contributed by atoms with Crippen LogP contribution in [0, 0.1) is 5.82 Å². The molecule has 0 N–H and O–H groups in total. The topological polar surface area (TPSA) is 30.0 Å². The molecule has 0 fully saturated rings. The van der Waals surface area contributed by atoms with Crippen molar-refractivity contribution in [3.63, 3.8) is 0 Å². The maximum atomic E-state index is 13.6. The summed E-state index contributed by atoms with van der Waals surface area (Å²) < 4.78 is 13.6. The van der Waals surface area contributed by atoms with Gasteiger partial charge in [0.15, 0.2) is 5.78 Å². The van der Waals surface area contributed by atoms with E-state index in [2.05, 4.69) is 4.98 Å². The van der Waals surface area contributed by atoms with Crippen LogP contribution in [0.25, 0.3) is 10.9 Å². The Morgan fingerprint density at radius 1 is 1.05 bits per heavy atom. The molecule has 3 rings (SSSR count). The highest BCUT2D eigenvalue weighted by atomic mass is 32.2. The molecule has 0 radical (unpaired) electrons. The van der Waals surface area contributed by atoms with E-state index >= 15 is 0 Å². The van der Waals surface area contributed by atoms with Gasteiger partial charge in [-0.25, -0.2) is 4.39 Å². The van der Waals surface area contributed by atoms with Crippen molar-refractivity contribution in [3.8, 4) is 0 Å². The zero-order chi connectivity index (χ0) is 14.7. The lowest BCUT2D eigenvalue weighted by Crippen LogP contribution is -2.03. The Balaban J connectivity index is 1.83. The molecule has 1 aromatic heterocycles. The van der Waals surface area contributed by atoms with E-state index in [0.29, 0.717) is 10.5 Å². The number of nitrogens with zero attached hydrogens (tertiary/aromatic N) is 1. The van der Waals surface area contributed by atoms with Crippen molar-refractivity contribution in [2.45, 2.75) is 4.90 Å². The number of aromatic nitrogens is 1. The third-order valence-electron chi connectivity index (χ3n) is 3.14. The van der Waals surface area contributed by atoms with Crippen LogP contribution in [0.15, 0.2) is 65.7 Å². The Kier molecular flexibility index (Phi) is 3.97. The van der Waals surface area contributed by atoms with E-state index in [0.717, 1.165) is 10.9 Å². The number of fused-ring (bicyclic) bond motifs is 1. The smallest absolute Gasteiger partial charge is 0.173 e. The second-order valence-corrected chi connectivity index (χ2v) is 5.54. The van der Waals surface area contributed by atoms with Crippen LogP contribution in [-0.2, 0) is 0 Å². The molecular weight excluding hydrogens is 285 g/mol. The van der Waals surface area contributed by atoms with Crippen molar-refractivity contribution in [2.24, 2.45) is 0 Å². The molecule has 21 heavy (non-hydrogen) atoms. The van der Waals surface area contributed by atoms with Gasteiger partial charge in [0, 0.05) is 22.0 Å². The first kappa shape index (κ1) is 13.8. The summed E-state index contributed by atoms with van der Waals surface area (Å²) in [7, 11) is 0. The molecule has 104 valence electrons. The molecule has 0 unspecified atom stereocenters. The van der Waals surface area contributed by atoms with E-state index in [-0.39, 0.29) is 17.4 Å². The van der Waals surface area contributed by atoms with Gasteiger partial charge in [0.2, 0.25) is 0 Å². The Bertz CT molecular complexity index is 798. The summed E-state index contributed by atoms with van der Waals surface area (Å²) >= 11 is 1.21. The van der Waals surface area contributed by atoms with E-state index in [1.165, 1.54) is 17.8 Å². The number of pyridine rings is 1. The first-order valence-corrected chi connectivity index (χ1v) is 7.48. The third-order valence-corrected chi connectivity index (χ3v) is 4.19. The zero-order valence-corrected chi connectivity index (χ0v) is 11.9. The fourth-order valence-electron chi connectivity index (χ4n) is 2.13. The van der Waals surface area contributed by atoms with Crippen molar-refractivity contribution in [1.82, 2.24) is 4.98 Å². The number of Topliss-reactive ketones (excluding diaryl/α,β-unsaturated/α-hetero) is 1. The molecule has 0 saturated heterocycles. The first-order valence-electron chi connectivity index (χ1n) is 6.50. The number of thioether (sulfide) groups is 1. The number of benzene rings is 2. The maximum Gasteiger partial charge on any atom is 0.173 e. The van der Waals surface area contributed by atoms with Crippen LogP contribution in [0.3, 0.4) is 0 Å². The largest absolute Gasteiger partial charge is 0.293 e. The van der Waals surface area contributed by atoms with Crippen molar-refractivity contribution in [1.29, 1.82) is 0 Å². The summed E-state index contributed by atoms with van der Waals surface area (Å²) in [4.78, 5) is 17.1. The summed E-state index contributed by atoms with van der Waals surface area (Å²) in [5, 5.41) is 0.833. The monoisotopic (exact) mass is 297 g/mol. The van der Waals surface area contributed by atoms with E-state index in [9.17, 15) is 9.18 Å². The van der Waals surface area contributed by atoms with Gasteiger partial charge in [0.05, 0.1) is 11.3 Å². The average molecular weight is 297 g/mol. The van der Waals surface area contributed by atoms with E-state index < -0.39 is 0 Å². The zero-order valence-electron chi connectivity index (χ0n) is 11.1. The molecule has 0 atom stereocenters. The van der Waals surface area contributed by atoms with Gasteiger partial charge in [-0.3, -0.25) is 9.78 Å². The second kappa shape index (κ2) is 6.06. The van der Waals surface area contributed by atoms with Crippen LogP contribution in [0.5, 0.6) is 0 Å². The van der Waals surface area contributed by atoms with Gasteiger partial charge in [0.25, 0.3) is 0 Å². The predicted molar refractivity (Wildman–Crippen MR) is 83.2 cm³/mol. The number of hydrogen-bond donors (Lipinski definition) is 0. The van der Waals surface area contributed by atoms with Crippen molar-refractivity contribution in [3.05, 3.63) is 72.2 Å². The van der Waals surface area contributed by atoms with Gasteiger partial charge in [0.1, 0.15) is 5.82 Å². The quantitative estimate of drug-likeness (QED) is 0.530. The maximum absolute atomic E-state index is 13.6. The van der Waals surface area contributed by atoms with Crippen LogP contribution in [-0.4, -0.2) is 16.5 Å². The Morgan fingerprint density at radius 2 is 1.90 bits per heavy atom. The van der Waals surface area contributed by atoms with Gasteiger partial charge in [-0.15, -0.1) is 11.8 Å². The third kappa shape index (κ3) is 2.95. The first-order chi connectivity index (χ1) is 10.3. The predicted octanol–water partition coefficient (Wildman–Crippen LogP) is 4.35. The van der Waals surface area contributed by atoms with Crippen molar-refractivity contribution < 1.29 is 9.18 Å². The summed E-state index contributed by atoms with van der Waals surface area (Å²) in [5.41, 5.74) is 1.42. The van der Waals surface area contributed by atoms with Gasteiger partial charge < -0.3 is 0 Å². The SMILES string of the molecule is O=C(CSc1ccccc1F)c1cccc2ncccc12. The Labute approximate surface area is 126 Å². The van der Waals surface area contributed by atoms with Gasteiger partial charge in [-0.1, -0.05) is 30.3 Å². The lowest BCUT2D eigenvalue weighted by molar-refractivity contribution is 0.102. The summed E-state index contributed by atoms with van der Waals surface area (Å²) in [5.74, 6) is -0.119. The summed E-state index contributed by atoms with van der Waals surface area (Å²) in [6, 6.07) is 15.6. The standard InChI is InChI=1S/C17H12FNOS/c18-14-7-1-2-9-17(14)21-11-16(20)13-5-3-8-15-12(13)6-4-10-19-15/h1-10H,11H2. The van der Waals surface area contributed by atoms with Crippen molar-refractivity contribution >= 4 is 28.4 Å². The molecule has 0 aliphatic carbocycles. The van der Waals surface area contributed by atoms with Gasteiger partial charge in [-0.2, -0.15) is 0 Å². The highest BCUT2D eigenvalue weighted by molar-refractivity contribution is 8.00. The van der Waals surface area contributed by atoms with Crippen molar-refractivity contribution in [2.75, 3.05) is 5.75 Å². The normalized spacial score (nSPS) is 10.7. The van der Waals surface area contributed by atoms with Crippen LogP contribution >= 0.6 is 11.8 Å². The molecule has 0 saturated carbocycles. The molecule has 2 aromatic carbocycles. The molecular formula is C17H12FNOS. The number of halogens is 1. The number of ketones is 1. The fourth-order valence-corrected chi connectivity index (χ4v) is 2.95. The molecule has 4 heteroatoms. The molecule has 0 aliphatic rings. The average Bonchev–Trinajstić information content (AvgIpc) is 2.53. The molecule has 0 spiro atoms. The fraction of sp³-hybridized carbons (Fsp3) is 0.0588. The Morgan fingerprint density at radius 3 is 2.76 bits per heavy atom. The highest BCUT2D eigenvalue weighted by Gasteiger charge is 2.12. The molecule has 3 aromatic rings. The molecule has 2 nitrogen and oxygen atoms in total. The van der Waals surface area contributed by atoms with Crippen LogP contribution in [0.2, 0.25) is 0 Å². The summed E-state index contributed by atoms with van der Waals surface area (Å²) in [6.45, 7) is 0. The number of hydrogen-bond acceptors (Lipinski definition) is 3. The Hall–Kier alpha value is -2.20. The minimum Gasteiger partial charge on any atom is -0.293 e. The summed E-state index contributed by atoms with van der Waals surface area (Å²) in [6.07, 6.45) is 1.70. The molecule has 0 aliphatic heterocycles. The molecule has 0 bridgehead atoms. The number of rotatable bonds is 4. The lowest BCUT2D eigenvalue weighted by atomic mass is 10.1. The van der Waals surface area contributed by atoms with Crippen LogP contribution in [0.1, 0.15) is 10.4 Å². The van der Waals surface area contributed by atoms with Gasteiger partial charge in [-0.05, 0) is 24.3 Å². The molecule has 0 amide bonds. The van der Waals surface area contributed by atoms with E-state index in [1.54, 1.807) is 30.5 Å². The number of carbonyl (C=O) groups is 1. The number of carbonyl (C=O) groups excluding carboxylic acids is 1. The minimum absolute atomic E-state index is 0.0261. The van der Waals surface area contributed by atoms with E-state index in [4.69, 9.17) is 0 Å². The van der Waals surface area contributed by atoms with Crippen LogP contribution < -0.4 is 0 Å². The molecule has 1 heterocycles. The minimum atomic E-state index is -0.296. The van der Waals surface area contributed by atoms with Crippen LogP contribution in [0.4, 0.5) is 4.39 Å². The lowest BCUT2D eigenvalue weighted by Gasteiger charge is -2.05. The highest BCUT2D eigenvalue weighted by Crippen LogP contribution is 2.24. The van der Waals surface area contributed by atoms with E-state index in [1.807, 2.05) is 24.3 Å². The second-order valence-electron chi connectivity index (χ2n) is 4.52.